The number of rotatable bonds is 7. The number of ether oxygens (including phenoxy) is 3. The molecule has 152 valence electrons. The molecule has 1 heterocycles. The number of hydrogen-bond acceptors (Lipinski definition) is 4. The molecule has 1 aliphatic rings. The van der Waals surface area contributed by atoms with Crippen LogP contribution in [0, 0.1) is 0 Å². The maximum atomic E-state index is 12.6. The van der Waals surface area contributed by atoms with E-state index in [9.17, 15) is 4.79 Å². The van der Waals surface area contributed by atoms with Crippen LogP contribution in [0.15, 0.2) is 42.6 Å². The molecule has 0 bridgehead atoms. The quantitative estimate of drug-likeness (QED) is 0.661. The molecule has 1 N–H and O–H groups in total. The lowest BCUT2D eigenvalue weighted by atomic mass is 10.1. The zero-order chi connectivity index (χ0) is 20.4. The largest absolute Gasteiger partial charge is 0.496 e. The second-order valence-electron chi connectivity index (χ2n) is 7.22. The topological polar surface area (TPSA) is 61.7 Å². The maximum absolute atomic E-state index is 12.6. The molecule has 0 spiro atoms. The summed E-state index contributed by atoms with van der Waals surface area (Å²) < 4.78 is 18.3. The van der Waals surface area contributed by atoms with E-state index in [1.54, 1.807) is 21.3 Å². The summed E-state index contributed by atoms with van der Waals surface area (Å²) in [5.74, 6) is 2.31. The standard InChI is InChI=1S/C23H26N2O4/c1-27-20-6-4-5-19-16(20)9-11-25(19)12-10-23(26)24-18-8-7-15-13-21(28-2)22(29-3)14-17(15)18/h4-6,9,11,13-14,18H,7-8,10,12H2,1-3H3,(H,24,26). The summed E-state index contributed by atoms with van der Waals surface area (Å²) in [6, 6.07) is 12.0. The number of benzene rings is 2. The van der Waals surface area contributed by atoms with Crippen LogP contribution in [0.25, 0.3) is 10.9 Å². The Morgan fingerprint density at radius 1 is 1.07 bits per heavy atom. The van der Waals surface area contributed by atoms with E-state index in [-0.39, 0.29) is 11.9 Å². The minimum atomic E-state index is 0.0128. The molecule has 6 heteroatoms. The van der Waals surface area contributed by atoms with Crippen molar-refractivity contribution in [2.75, 3.05) is 21.3 Å². The Kier molecular flexibility index (Phi) is 5.34. The summed E-state index contributed by atoms with van der Waals surface area (Å²) in [5.41, 5.74) is 3.39. The maximum Gasteiger partial charge on any atom is 0.222 e. The van der Waals surface area contributed by atoms with Crippen molar-refractivity contribution in [2.45, 2.75) is 31.8 Å². The van der Waals surface area contributed by atoms with Crippen LogP contribution in [-0.4, -0.2) is 31.8 Å². The summed E-state index contributed by atoms with van der Waals surface area (Å²) in [4.78, 5) is 12.6. The van der Waals surface area contributed by atoms with Crippen LogP contribution in [0.3, 0.4) is 0 Å². The van der Waals surface area contributed by atoms with Gasteiger partial charge in [0.05, 0.1) is 32.9 Å². The Morgan fingerprint density at radius 3 is 2.59 bits per heavy atom. The second-order valence-corrected chi connectivity index (χ2v) is 7.22. The van der Waals surface area contributed by atoms with Crippen molar-refractivity contribution in [3.8, 4) is 17.2 Å². The van der Waals surface area contributed by atoms with E-state index in [2.05, 4.69) is 9.88 Å². The number of fused-ring (bicyclic) bond motifs is 2. The summed E-state index contributed by atoms with van der Waals surface area (Å²) in [7, 11) is 4.94. The number of methoxy groups -OCH3 is 3. The molecule has 1 aromatic heterocycles. The zero-order valence-corrected chi connectivity index (χ0v) is 17.0. The molecule has 0 saturated carbocycles. The molecule has 0 radical (unpaired) electrons. The fourth-order valence-corrected chi connectivity index (χ4v) is 4.14. The highest BCUT2D eigenvalue weighted by Crippen LogP contribution is 2.39. The number of nitrogens with zero attached hydrogens (tertiary/aromatic N) is 1. The lowest BCUT2D eigenvalue weighted by molar-refractivity contribution is -0.122. The first-order valence-corrected chi connectivity index (χ1v) is 9.80. The Balaban J connectivity index is 1.43. The van der Waals surface area contributed by atoms with Gasteiger partial charge in [-0.2, -0.15) is 0 Å². The van der Waals surface area contributed by atoms with E-state index in [0.717, 1.165) is 40.8 Å². The monoisotopic (exact) mass is 394 g/mol. The smallest absolute Gasteiger partial charge is 0.222 e. The van der Waals surface area contributed by atoms with Crippen LogP contribution < -0.4 is 19.5 Å². The van der Waals surface area contributed by atoms with Crippen LogP contribution in [0.5, 0.6) is 17.2 Å². The molecule has 2 aromatic carbocycles. The molecule has 3 aromatic rings. The van der Waals surface area contributed by atoms with Gasteiger partial charge in [0.1, 0.15) is 5.75 Å². The fraction of sp³-hybridized carbons (Fsp3) is 0.348. The van der Waals surface area contributed by atoms with Crippen LogP contribution in [0.2, 0.25) is 0 Å². The molecule has 6 nitrogen and oxygen atoms in total. The Labute approximate surface area is 170 Å². The van der Waals surface area contributed by atoms with Crippen LogP contribution >= 0.6 is 0 Å². The minimum Gasteiger partial charge on any atom is -0.496 e. The normalized spacial score (nSPS) is 15.2. The molecule has 29 heavy (non-hydrogen) atoms. The predicted octanol–water partition coefficient (Wildman–Crippen LogP) is 3.86. The highest BCUT2D eigenvalue weighted by molar-refractivity contribution is 5.86. The van der Waals surface area contributed by atoms with Crippen molar-refractivity contribution >= 4 is 16.8 Å². The average Bonchev–Trinajstić information content (AvgIpc) is 3.34. The first-order valence-electron chi connectivity index (χ1n) is 9.80. The molecule has 1 atom stereocenters. The van der Waals surface area contributed by atoms with Crippen molar-refractivity contribution < 1.29 is 19.0 Å². The summed E-state index contributed by atoms with van der Waals surface area (Å²) in [6.07, 6.45) is 4.23. The Hall–Kier alpha value is -3.15. The van der Waals surface area contributed by atoms with Gasteiger partial charge in [-0.15, -0.1) is 0 Å². The van der Waals surface area contributed by atoms with E-state index in [0.29, 0.717) is 18.7 Å². The lowest BCUT2D eigenvalue weighted by Crippen LogP contribution is -2.27. The van der Waals surface area contributed by atoms with Crippen molar-refractivity contribution in [1.29, 1.82) is 0 Å². The molecular weight excluding hydrogens is 368 g/mol. The molecule has 1 aliphatic carbocycles. The molecule has 1 amide bonds. The summed E-state index contributed by atoms with van der Waals surface area (Å²) in [5, 5.41) is 4.24. The van der Waals surface area contributed by atoms with E-state index in [4.69, 9.17) is 14.2 Å². The van der Waals surface area contributed by atoms with Gasteiger partial charge in [0, 0.05) is 24.5 Å². The Morgan fingerprint density at radius 2 is 1.83 bits per heavy atom. The first kappa shape index (κ1) is 19.2. The van der Waals surface area contributed by atoms with E-state index in [1.165, 1.54) is 5.56 Å². The van der Waals surface area contributed by atoms with Gasteiger partial charge in [-0.1, -0.05) is 6.07 Å². The van der Waals surface area contributed by atoms with Gasteiger partial charge in [0.25, 0.3) is 0 Å². The van der Waals surface area contributed by atoms with Gasteiger partial charge >= 0.3 is 0 Å². The number of carbonyl (C=O) groups is 1. The van der Waals surface area contributed by atoms with Crippen LogP contribution in [0.1, 0.15) is 30.0 Å². The molecular formula is C23H26N2O4. The van der Waals surface area contributed by atoms with Gasteiger partial charge in [0.15, 0.2) is 11.5 Å². The number of amides is 1. The first-order chi connectivity index (χ1) is 14.1. The number of aromatic nitrogens is 1. The number of aryl methyl sites for hydroxylation is 2. The zero-order valence-electron chi connectivity index (χ0n) is 17.0. The van der Waals surface area contributed by atoms with Gasteiger partial charge in [-0.25, -0.2) is 0 Å². The van der Waals surface area contributed by atoms with E-state index < -0.39 is 0 Å². The van der Waals surface area contributed by atoms with Crippen molar-refractivity contribution in [3.63, 3.8) is 0 Å². The molecule has 1 unspecified atom stereocenters. The molecule has 0 aliphatic heterocycles. The van der Waals surface area contributed by atoms with Gasteiger partial charge in [0.2, 0.25) is 5.91 Å². The number of carbonyl (C=O) groups excluding carboxylic acids is 1. The average molecular weight is 394 g/mol. The van der Waals surface area contributed by atoms with Crippen molar-refractivity contribution in [2.24, 2.45) is 0 Å². The third-order valence-electron chi connectivity index (χ3n) is 5.63. The van der Waals surface area contributed by atoms with Crippen LogP contribution in [0.4, 0.5) is 0 Å². The number of hydrogen-bond donors (Lipinski definition) is 1. The molecule has 4 rings (SSSR count). The van der Waals surface area contributed by atoms with E-state index in [1.807, 2.05) is 42.6 Å². The lowest BCUT2D eigenvalue weighted by Gasteiger charge is -2.16. The highest BCUT2D eigenvalue weighted by atomic mass is 16.5. The number of nitrogens with one attached hydrogen (secondary N) is 1. The molecule has 0 fully saturated rings. The van der Waals surface area contributed by atoms with Crippen molar-refractivity contribution in [1.82, 2.24) is 9.88 Å². The van der Waals surface area contributed by atoms with Gasteiger partial charge < -0.3 is 24.1 Å². The Bertz CT molecular complexity index is 1040. The summed E-state index contributed by atoms with van der Waals surface area (Å²) in [6.45, 7) is 0.619. The minimum absolute atomic E-state index is 0.0128. The van der Waals surface area contributed by atoms with Crippen molar-refractivity contribution in [3.05, 3.63) is 53.7 Å². The third-order valence-corrected chi connectivity index (χ3v) is 5.63. The van der Waals surface area contributed by atoms with Crippen LogP contribution in [-0.2, 0) is 17.8 Å². The second kappa shape index (κ2) is 8.07. The fourth-order valence-electron chi connectivity index (χ4n) is 4.14. The SMILES string of the molecule is COc1cc2c(cc1OC)C(NC(=O)CCn1ccc3c(OC)cccc31)CC2. The predicted molar refractivity (Wildman–Crippen MR) is 112 cm³/mol. The third kappa shape index (κ3) is 3.62. The van der Waals surface area contributed by atoms with E-state index >= 15 is 0 Å². The highest BCUT2D eigenvalue weighted by Gasteiger charge is 2.26. The van der Waals surface area contributed by atoms with Gasteiger partial charge in [-0.05, 0) is 54.3 Å². The summed E-state index contributed by atoms with van der Waals surface area (Å²) >= 11 is 0. The molecule has 0 saturated heterocycles. The van der Waals surface area contributed by atoms with Gasteiger partial charge in [-0.3, -0.25) is 4.79 Å².